The fourth-order valence-corrected chi connectivity index (χ4v) is 7.45. The Hall–Kier alpha value is -3.31. The zero-order valence-electron chi connectivity index (χ0n) is 26.3. The van der Waals surface area contributed by atoms with Crippen molar-refractivity contribution in [2.45, 2.75) is 39.2 Å². The number of rotatable bonds is 11. The molecule has 10 nitrogen and oxygen atoms in total. The fourth-order valence-electron chi connectivity index (χ4n) is 6.93. The molecule has 3 aliphatic rings. The van der Waals surface area contributed by atoms with Crippen LogP contribution in [0.5, 0.6) is 11.6 Å². The van der Waals surface area contributed by atoms with Crippen LogP contribution in [-0.4, -0.2) is 89.4 Å². The van der Waals surface area contributed by atoms with Crippen LogP contribution in [0.1, 0.15) is 38.2 Å². The van der Waals surface area contributed by atoms with Crippen LogP contribution in [0.25, 0.3) is 11.3 Å². The van der Waals surface area contributed by atoms with Gasteiger partial charge in [0.15, 0.2) is 5.75 Å². The second kappa shape index (κ2) is 14.6. The van der Waals surface area contributed by atoms with Gasteiger partial charge in [-0.2, -0.15) is 0 Å². The summed E-state index contributed by atoms with van der Waals surface area (Å²) in [5.74, 6) is 3.62. The Bertz CT molecular complexity index is 1510. The van der Waals surface area contributed by atoms with E-state index in [4.69, 9.17) is 37.7 Å². The maximum atomic E-state index is 11.7. The fraction of sp³-hybridized carbons (Fsp3) is 0.500. The number of hydrogen-bond acceptors (Lipinski definition) is 10. The Balaban J connectivity index is 1.13. The smallest absolute Gasteiger partial charge is 0.306 e. The molecule has 3 fully saturated rings. The maximum absolute atomic E-state index is 11.7. The van der Waals surface area contributed by atoms with Crippen molar-refractivity contribution in [3.8, 4) is 22.9 Å². The van der Waals surface area contributed by atoms with Crippen LogP contribution in [0.2, 0.25) is 10.0 Å². The standard InChI is InChI=1S/C34H40Cl2N6O4/c1-22(43)13-30-28-3-6-41(7-4-29(28)30)21-23-14-31(24-16-25(35)18-26(36)17-24)39-32(15-23)46-27-19-37-34(38-20-27)42-11-9-40(10-12-42)8-5-33(44)45-2/h14-20,28-30H,3-13,21H2,1-2H3/t28-,29+,30?. The first-order valence-electron chi connectivity index (χ1n) is 16.0. The molecule has 0 spiro atoms. The summed E-state index contributed by atoms with van der Waals surface area (Å²) in [5.41, 5.74) is 2.61. The summed E-state index contributed by atoms with van der Waals surface area (Å²) in [5, 5.41) is 1.08. The van der Waals surface area contributed by atoms with Crippen LogP contribution in [0.15, 0.2) is 42.7 Å². The molecular formula is C34H40Cl2N6O4. The first-order chi connectivity index (χ1) is 22.2. The SMILES string of the molecule is COC(=O)CCN1CCN(c2ncc(Oc3cc(CN4CC[C@@H]5C(CC(C)=O)[C@@H]5CC4)cc(-c4cc(Cl)cc(Cl)c4)n3)cn2)CC1. The molecule has 12 heteroatoms. The molecule has 0 bridgehead atoms. The first-order valence-corrected chi connectivity index (χ1v) is 16.7. The molecular weight excluding hydrogens is 627 g/mol. The van der Waals surface area contributed by atoms with Crippen LogP contribution >= 0.6 is 23.2 Å². The minimum Gasteiger partial charge on any atom is -0.469 e. The van der Waals surface area contributed by atoms with Gasteiger partial charge in [0.05, 0.1) is 31.6 Å². The summed E-state index contributed by atoms with van der Waals surface area (Å²) in [6.45, 7) is 8.34. The van der Waals surface area contributed by atoms with Gasteiger partial charge in [0.2, 0.25) is 11.8 Å². The molecule has 2 aliphatic heterocycles. The highest BCUT2D eigenvalue weighted by molar-refractivity contribution is 6.35. The largest absolute Gasteiger partial charge is 0.469 e. The third-order valence-electron chi connectivity index (χ3n) is 9.37. The molecule has 0 radical (unpaired) electrons. The van der Waals surface area contributed by atoms with Crippen molar-refractivity contribution in [1.29, 1.82) is 0 Å². The summed E-state index contributed by atoms with van der Waals surface area (Å²) in [6.07, 6.45) is 6.72. The zero-order chi connectivity index (χ0) is 32.2. The van der Waals surface area contributed by atoms with Gasteiger partial charge in [-0.3, -0.25) is 14.6 Å². The Kier molecular flexibility index (Phi) is 10.4. The van der Waals surface area contributed by atoms with Crippen molar-refractivity contribution in [2.24, 2.45) is 17.8 Å². The molecule has 2 saturated heterocycles. The normalized spacial score (nSPS) is 21.7. The Labute approximate surface area is 280 Å². The number of methoxy groups -OCH3 is 1. The lowest BCUT2D eigenvalue weighted by Gasteiger charge is -2.34. The summed E-state index contributed by atoms with van der Waals surface area (Å²) >= 11 is 12.7. The lowest BCUT2D eigenvalue weighted by molar-refractivity contribution is -0.141. The number of benzene rings is 1. The molecule has 3 atom stereocenters. The molecule has 4 heterocycles. The first kappa shape index (κ1) is 32.6. The molecule has 1 saturated carbocycles. The van der Waals surface area contributed by atoms with E-state index in [0.717, 1.165) is 81.9 Å². The monoisotopic (exact) mass is 666 g/mol. The molecule has 3 aromatic rings. The summed E-state index contributed by atoms with van der Waals surface area (Å²) < 4.78 is 11.0. The van der Waals surface area contributed by atoms with Gasteiger partial charge in [0.1, 0.15) is 5.78 Å². The van der Waals surface area contributed by atoms with Crippen molar-refractivity contribution in [2.75, 3.05) is 57.8 Å². The van der Waals surface area contributed by atoms with Crippen molar-refractivity contribution in [3.05, 3.63) is 58.3 Å². The lowest BCUT2D eigenvalue weighted by atomic mass is 10.1. The number of ketones is 1. The molecule has 46 heavy (non-hydrogen) atoms. The van der Waals surface area contributed by atoms with E-state index in [0.29, 0.717) is 64.1 Å². The molecule has 1 aliphatic carbocycles. The predicted molar refractivity (Wildman–Crippen MR) is 177 cm³/mol. The Morgan fingerprint density at radius 1 is 0.891 bits per heavy atom. The maximum Gasteiger partial charge on any atom is 0.306 e. The van der Waals surface area contributed by atoms with Gasteiger partial charge in [-0.15, -0.1) is 0 Å². The second-order valence-corrected chi connectivity index (χ2v) is 13.5. The van der Waals surface area contributed by atoms with E-state index in [9.17, 15) is 9.59 Å². The number of aromatic nitrogens is 3. The molecule has 244 valence electrons. The molecule has 6 rings (SSSR count). The average molecular weight is 668 g/mol. The van der Waals surface area contributed by atoms with Gasteiger partial charge in [0, 0.05) is 67.4 Å². The van der Waals surface area contributed by atoms with E-state index < -0.39 is 0 Å². The van der Waals surface area contributed by atoms with Gasteiger partial charge >= 0.3 is 5.97 Å². The van der Waals surface area contributed by atoms with Gasteiger partial charge in [-0.05, 0) is 80.4 Å². The number of ether oxygens (including phenoxy) is 2. The van der Waals surface area contributed by atoms with Crippen LogP contribution in [0.3, 0.4) is 0 Å². The number of fused-ring (bicyclic) bond motifs is 1. The summed E-state index contributed by atoms with van der Waals surface area (Å²) in [6, 6.07) is 9.46. The van der Waals surface area contributed by atoms with Gasteiger partial charge in [-0.1, -0.05) is 23.2 Å². The number of nitrogens with zero attached hydrogens (tertiary/aromatic N) is 6. The van der Waals surface area contributed by atoms with E-state index in [2.05, 4.69) is 30.7 Å². The minimum absolute atomic E-state index is 0.191. The van der Waals surface area contributed by atoms with E-state index in [1.165, 1.54) is 7.11 Å². The number of hydrogen-bond donors (Lipinski definition) is 0. The molecule has 0 N–H and O–H groups in total. The number of piperazine rings is 1. The van der Waals surface area contributed by atoms with Crippen LogP contribution in [-0.2, 0) is 20.9 Å². The van der Waals surface area contributed by atoms with Gasteiger partial charge in [-0.25, -0.2) is 15.0 Å². The number of carbonyl (C=O) groups is 2. The number of halogens is 2. The second-order valence-electron chi connectivity index (χ2n) is 12.6. The number of likely N-dealkylation sites (tertiary alicyclic amines) is 1. The molecule has 0 amide bonds. The number of esters is 1. The lowest BCUT2D eigenvalue weighted by Crippen LogP contribution is -2.47. The third-order valence-corrected chi connectivity index (χ3v) is 9.80. The van der Waals surface area contributed by atoms with Crippen molar-refractivity contribution < 1.29 is 19.1 Å². The number of anilines is 1. The number of carbonyl (C=O) groups excluding carboxylic acids is 2. The quantitative estimate of drug-likeness (QED) is 0.235. The summed E-state index contributed by atoms with van der Waals surface area (Å²) in [7, 11) is 1.42. The zero-order valence-corrected chi connectivity index (χ0v) is 27.8. The summed E-state index contributed by atoms with van der Waals surface area (Å²) in [4.78, 5) is 44.0. The van der Waals surface area contributed by atoms with E-state index in [-0.39, 0.29) is 5.97 Å². The van der Waals surface area contributed by atoms with Crippen LogP contribution < -0.4 is 9.64 Å². The number of pyridine rings is 1. The van der Waals surface area contributed by atoms with E-state index in [1.807, 2.05) is 18.2 Å². The highest BCUT2D eigenvalue weighted by atomic mass is 35.5. The van der Waals surface area contributed by atoms with Gasteiger partial charge in [0.25, 0.3) is 0 Å². The van der Waals surface area contributed by atoms with E-state index >= 15 is 0 Å². The topological polar surface area (TPSA) is 101 Å². The predicted octanol–water partition coefficient (Wildman–Crippen LogP) is 5.76. The van der Waals surface area contributed by atoms with Crippen LogP contribution in [0, 0.1) is 17.8 Å². The van der Waals surface area contributed by atoms with E-state index in [1.54, 1.807) is 25.4 Å². The Morgan fingerprint density at radius 2 is 1.57 bits per heavy atom. The average Bonchev–Trinajstić information content (AvgIpc) is 3.74. The highest BCUT2D eigenvalue weighted by Gasteiger charge is 2.50. The van der Waals surface area contributed by atoms with Crippen molar-refractivity contribution >= 4 is 40.9 Å². The minimum atomic E-state index is -0.191. The van der Waals surface area contributed by atoms with Crippen molar-refractivity contribution in [1.82, 2.24) is 24.8 Å². The number of Topliss-reactive ketones (excluding diaryl/α,β-unsaturated/α-hetero) is 1. The highest BCUT2D eigenvalue weighted by Crippen LogP contribution is 2.54. The van der Waals surface area contributed by atoms with Crippen molar-refractivity contribution in [3.63, 3.8) is 0 Å². The molecule has 1 unspecified atom stereocenters. The van der Waals surface area contributed by atoms with Gasteiger partial charge < -0.3 is 19.2 Å². The third kappa shape index (κ3) is 8.34. The molecule has 2 aromatic heterocycles. The Morgan fingerprint density at radius 3 is 2.20 bits per heavy atom. The molecule has 1 aromatic carbocycles. The van der Waals surface area contributed by atoms with Crippen LogP contribution in [0.4, 0.5) is 5.95 Å².